The molecule has 1 aliphatic rings. The Kier molecular flexibility index (Phi) is 6.36. The second-order valence-corrected chi connectivity index (χ2v) is 10.6. The summed E-state index contributed by atoms with van der Waals surface area (Å²) < 4.78 is 27.8. The maximum atomic E-state index is 12.8. The average Bonchev–Trinajstić information content (AvgIpc) is 2.67. The van der Waals surface area contributed by atoms with E-state index in [9.17, 15) is 13.2 Å². The van der Waals surface area contributed by atoms with Gasteiger partial charge in [0, 0.05) is 29.7 Å². The zero-order valence-electron chi connectivity index (χ0n) is 17.0. The highest BCUT2D eigenvalue weighted by Crippen LogP contribution is 2.23. The van der Waals surface area contributed by atoms with E-state index in [1.807, 2.05) is 24.3 Å². The first kappa shape index (κ1) is 21.8. The number of hydrogen-bond donors (Lipinski definition) is 1. The van der Waals surface area contributed by atoms with Gasteiger partial charge in [-0.25, -0.2) is 13.1 Å². The lowest BCUT2D eigenvalue weighted by molar-refractivity contribution is 0.0711. The van der Waals surface area contributed by atoms with Crippen LogP contribution in [-0.2, 0) is 15.4 Å². The molecule has 1 saturated heterocycles. The fraction of sp³-hybridized carbons (Fsp3) is 0.409. The van der Waals surface area contributed by atoms with Gasteiger partial charge in [-0.3, -0.25) is 4.79 Å². The molecule has 0 aromatic heterocycles. The first-order valence-corrected chi connectivity index (χ1v) is 11.6. The summed E-state index contributed by atoms with van der Waals surface area (Å²) in [7, 11) is -3.60. The number of benzene rings is 2. The van der Waals surface area contributed by atoms with Gasteiger partial charge in [0.25, 0.3) is 5.91 Å². The zero-order valence-corrected chi connectivity index (χ0v) is 18.6. The van der Waals surface area contributed by atoms with Crippen LogP contribution in [0.4, 0.5) is 0 Å². The number of nitrogens with one attached hydrogen (secondary N) is 1. The Morgan fingerprint density at radius 3 is 2.07 bits per heavy atom. The predicted molar refractivity (Wildman–Crippen MR) is 116 cm³/mol. The van der Waals surface area contributed by atoms with Crippen LogP contribution in [0.15, 0.2) is 53.4 Å². The van der Waals surface area contributed by atoms with E-state index in [1.165, 1.54) is 17.7 Å². The first-order valence-electron chi connectivity index (χ1n) is 9.74. The number of carbonyl (C=O) groups is 1. The molecule has 156 valence electrons. The van der Waals surface area contributed by atoms with Crippen LogP contribution < -0.4 is 4.72 Å². The molecule has 0 aliphatic carbocycles. The van der Waals surface area contributed by atoms with E-state index in [1.54, 1.807) is 17.0 Å². The van der Waals surface area contributed by atoms with Gasteiger partial charge >= 0.3 is 0 Å². The number of carbonyl (C=O) groups excluding carboxylic acids is 1. The molecular formula is C22H27ClN2O3S. The highest BCUT2D eigenvalue weighted by atomic mass is 35.5. The van der Waals surface area contributed by atoms with Crippen LogP contribution >= 0.6 is 11.6 Å². The number of hydrogen-bond acceptors (Lipinski definition) is 3. The molecule has 0 unspecified atom stereocenters. The molecule has 0 saturated carbocycles. The van der Waals surface area contributed by atoms with Crippen LogP contribution in [0.3, 0.4) is 0 Å². The molecule has 1 amide bonds. The van der Waals surface area contributed by atoms with Crippen LogP contribution in [0.25, 0.3) is 0 Å². The molecular weight excluding hydrogens is 408 g/mol. The molecule has 1 heterocycles. The van der Waals surface area contributed by atoms with Gasteiger partial charge in [-0.15, -0.1) is 0 Å². The molecule has 29 heavy (non-hydrogen) atoms. The minimum Gasteiger partial charge on any atom is -0.339 e. The summed E-state index contributed by atoms with van der Waals surface area (Å²) in [6.07, 6.45) is 1.16. The smallest absolute Gasteiger partial charge is 0.253 e. The number of piperidine rings is 1. The molecule has 7 heteroatoms. The number of sulfonamides is 1. The van der Waals surface area contributed by atoms with Crippen LogP contribution in [0.2, 0.25) is 5.02 Å². The maximum Gasteiger partial charge on any atom is 0.253 e. The van der Waals surface area contributed by atoms with Crippen molar-refractivity contribution < 1.29 is 13.2 Å². The van der Waals surface area contributed by atoms with Crippen molar-refractivity contribution >= 4 is 27.5 Å². The fourth-order valence-corrected chi connectivity index (χ4v) is 4.83. The predicted octanol–water partition coefficient (Wildman–Crippen LogP) is 4.22. The Balaban J connectivity index is 1.58. The number of amides is 1. The molecule has 1 aliphatic heterocycles. The van der Waals surface area contributed by atoms with Crippen LogP contribution in [0, 0.1) is 0 Å². The van der Waals surface area contributed by atoms with E-state index < -0.39 is 10.0 Å². The normalized spacial score (nSPS) is 16.1. The molecule has 3 rings (SSSR count). The summed E-state index contributed by atoms with van der Waals surface area (Å²) in [5, 5.41) is 0.492. The highest BCUT2D eigenvalue weighted by Gasteiger charge is 2.27. The van der Waals surface area contributed by atoms with Crippen LogP contribution in [0.1, 0.15) is 49.5 Å². The van der Waals surface area contributed by atoms with E-state index in [0.29, 0.717) is 36.5 Å². The quantitative estimate of drug-likeness (QED) is 0.783. The van der Waals surface area contributed by atoms with Crippen molar-refractivity contribution in [3.05, 3.63) is 64.7 Å². The Labute approximate surface area is 178 Å². The first-order chi connectivity index (χ1) is 13.6. The van der Waals surface area contributed by atoms with Gasteiger partial charge in [-0.2, -0.15) is 0 Å². The third kappa shape index (κ3) is 5.38. The summed E-state index contributed by atoms with van der Waals surface area (Å²) in [6, 6.07) is 13.7. The summed E-state index contributed by atoms with van der Waals surface area (Å²) in [4.78, 5) is 14.8. The number of halogens is 1. The molecule has 0 atom stereocenters. The molecule has 1 fully saturated rings. The molecule has 1 N–H and O–H groups in total. The lowest BCUT2D eigenvalue weighted by Gasteiger charge is -2.32. The van der Waals surface area contributed by atoms with Crippen molar-refractivity contribution in [2.75, 3.05) is 13.1 Å². The molecule has 0 bridgehead atoms. The second kappa shape index (κ2) is 8.46. The molecule has 0 radical (unpaired) electrons. The van der Waals surface area contributed by atoms with Gasteiger partial charge in [0.15, 0.2) is 0 Å². The Bertz CT molecular complexity index is 957. The van der Waals surface area contributed by atoms with E-state index in [2.05, 4.69) is 25.5 Å². The number of nitrogens with zero attached hydrogens (tertiary/aromatic N) is 1. The molecule has 5 nitrogen and oxygen atoms in total. The summed E-state index contributed by atoms with van der Waals surface area (Å²) in [6.45, 7) is 7.46. The van der Waals surface area contributed by atoms with Crippen LogP contribution in [0.5, 0.6) is 0 Å². The molecule has 0 spiro atoms. The third-order valence-electron chi connectivity index (χ3n) is 5.23. The van der Waals surface area contributed by atoms with E-state index in [-0.39, 0.29) is 22.3 Å². The van der Waals surface area contributed by atoms with Crippen molar-refractivity contribution in [2.24, 2.45) is 0 Å². The largest absolute Gasteiger partial charge is 0.339 e. The van der Waals surface area contributed by atoms with Crippen molar-refractivity contribution in [3.63, 3.8) is 0 Å². The monoisotopic (exact) mass is 434 g/mol. The second-order valence-electron chi connectivity index (χ2n) is 8.47. The number of rotatable bonds is 4. The standard InChI is InChI=1S/C22H27ClN2O3S/c1-22(2,3)17-6-4-16(5-7-17)21(26)25-14-12-19(13-15-25)24-29(27,28)20-10-8-18(23)9-11-20/h4-11,19,24H,12-15H2,1-3H3. The average molecular weight is 435 g/mol. The van der Waals surface area contributed by atoms with E-state index in [4.69, 9.17) is 11.6 Å². The van der Waals surface area contributed by atoms with Gasteiger partial charge in [0.2, 0.25) is 10.0 Å². The summed E-state index contributed by atoms with van der Waals surface area (Å²) >= 11 is 5.83. The van der Waals surface area contributed by atoms with Crippen molar-refractivity contribution in [3.8, 4) is 0 Å². The van der Waals surface area contributed by atoms with Gasteiger partial charge in [0.1, 0.15) is 0 Å². The van der Waals surface area contributed by atoms with Gasteiger partial charge < -0.3 is 4.90 Å². The fourth-order valence-electron chi connectivity index (χ4n) is 3.40. The lowest BCUT2D eigenvalue weighted by Crippen LogP contribution is -2.46. The van der Waals surface area contributed by atoms with Crippen molar-refractivity contribution in [1.82, 2.24) is 9.62 Å². The van der Waals surface area contributed by atoms with Crippen molar-refractivity contribution in [2.45, 2.75) is 50.0 Å². The van der Waals surface area contributed by atoms with Gasteiger partial charge in [-0.05, 0) is 60.2 Å². The summed E-state index contributed by atoms with van der Waals surface area (Å²) in [5.41, 5.74) is 1.89. The van der Waals surface area contributed by atoms with Crippen LogP contribution in [-0.4, -0.2) is 38.4 Å². The molecule has 2 aromatic carbocycles. The maximum absolute atomic E-state index is 12.8. The molecule has 2 aromatic rings. The third-order valence-corrected chi connectivity index (χ3v) is 7.01. The SMILES string of the molecule is CC(C)(C)c1ccc(C(=O)N2CCC(NS(=O)(=O)c3ccc(Cl)cc3)CC2)cc1. The highest BCUT2D eigenvalue weighted by molar-refractivity contribution is 7.89. The number of likely N-dealkylation sites (tertiary alicyclic amines) is 1. The Morgan fingerprint density at radius 1 is 1.00 bits per heavy atom. The minimum absolute atomic E-state index is 0.00975. The van der Waals surface area contributed by atoms with Gasteiger partial charge in [-0.1, -0.05) is 44.5 Å². The van der Waals surface area contributed by atoms with E-state index >= 15 is 0 Å². The zero-order chi connectivity index (χ0) is 21.2. The topological polar surface area (TPSA) is 66.5 Å². The van der Waals surface area contributed by atoms with E-state index in [0.717, 1.165) is 0 Å². The summed E-state index contributed by atoms with van der Waals surface area (Å²) in [5.74, 6) is -0.00975. The lowest BCUT2D eigenvalue weighted by atomic mass is 9.86. The minimum atomic E-state index is -3.60. The van der Waals surface area contributed by atoms with Gasteiger partial charge in [0.05, 0.1) is 4.90 Å². The Hall–Kier alpha value is -1.89. The van der Waals surface area contributed by atoms with Crippen molar-refractivity contribution in [1.29, 1.82) is 0 Å². The Morgan fingerprint density at radius 2 is 1.55 bits per heavy atom.